The Bertz CT molecular complexity index is 973. The molecule has 0 heterocycles. The van der Waals surface area contributed by atoms with Crippen molar-refractivity contribution in [3.63, 3.8) is 0 Å². The predicted octanol–water partition coefficient (Wildman–Crippen LogP) is 4.94. The SMILES string of the molecule is Cc1ccc(S(=O)(=O)c2ccc(-c3ccc(F)cc3)c(C)c2)cc1. The molecule has 0 aliphatic rings. The molecule has 0 fully saturated rings. The van der Waals surface area contributed by atoms with E-state index >= 15 is 0 Å². The van der Waals surface area contributed by atoms with Gasteiger partial charge in [-0.3, -0.25) is 0 Å². The van der Waals surface area contributed by atoms with Crippen LogP contribution in [0.4, 0.5) is 4.39 Å². The standard InChI is InChI=1S/C20H17FO2S/c1-14-3-9-18(10-4-14)24(22,23)19-11-12-20(15(2)13-19)16-5-7-17(21)8-6-16/h3-13H,1-2H3. The van der Waals surface area contributed by atoms with Crippen molar-refractivity contribution < 1.29 is 12.8 Å². The summed E-state index contributed by atoms with van der Waals surface area (Å²) in [4.78, 5) is 0.539. The zero-order valence-electron chi connectivity index (χ0n) is 13.5. The van der Waals surface area contributed by atoms with E-state index in [4.69, 9.17) is 0 Å². The molecule has 0 aliphatic heterocycles. The molecule has 3 aromatic rings. The second-order valence-electron chi connectivity index (χ2n) is 5.80. The van der Waals surface area contributed by atoms with Crippen molar-refractivity contribution in [1.82, 2.24) is 0 Å². The third-order valence-electron chi connectivity index (χ3n) is 3.99. The fourth-order valence-electron chi connectivity index (χ4n) is 2.61. The fraction of sp³-hybridized carbons (Fsp3) is 0.100. The number of hydrogen-bond acceptors (Lipinski definition) is 2. The third-order valence-corrected chi connectivity index (χ3v) is 5.76. The van der Waals surface area contributed by atoms with Crippen LogP contribution in [0.25, 0.3) is 11.1 Å². The average Bonchev–Trinajstić information content (AvgIpc) is 2.56. The first-order valence-corrected chi connectivity index (χ1v) is 9.04. The van der Waals surface area contributed by atoms with Crippen LogP contribution in [-0.4, -0.2) is 8.42 Å². The first-order valence-electron chi connectivity index (χ1n) is 7.56. The summed E-state index contributed by atoms with van der Waals surface area (Å²) >= 11 is 0. The van der Waals surface area contributed by atoms with E-state index in [2.05, 4.69) is 0 Å². The second-order valence-corrected chi connectivity index (χ2v) is 7.75. The van der Waals surface area contributed by atoms with E-state index in [1.54, 1.807) is 54.6 Å². The minimum Gasteiger partial charge on any atom is -0.219 e. The lowest BCUT2D eigenvalue weighted by Gasteiger charge is -2.10. The highest BCUT2D eigenvalue weighted by Crippen LogP contribution is 2.28. The van der Waals surface area contributed by atoms with E-state index in [1.165, 1.54) is 12.1 Å². The van der Waals surface area contributed by atoms with Gasteiger partial charge in [0.05, 0.1) is 9.79 Å². The van der Waals surface area contributed by atoms with E-state index < -0.39 is 9.84 Å². The van der Waals surface area contributed by atoms with Crippen molar-refractivity contribution in [2.24, 2.45) is 0 Å². The summed E-state index contributed by atoms with van der Waals surface area (Å²) in [5.74, 6) is -0.296. The van der Waals surface area contributed by atoms with Crippen LogP contribution in [0, 0.1) is 19.7 Å². The molecule has 0 radical (unpaired) electrons. The Hall–Kier alpha value is -2.46. The average molecular weight is 340 g/mol. The first-order chi connectivity index (χ1) is 11.4. The van der Waals surface area contributed by atoms with E-state index in [0.29, 0.717) is 0 Å². The lowest BCUT2D eigenvalue weighted by atomic mass is 10.0. The van der Waals surface area contributed by atoms with Crippen molar-refractivity contribution in [2.45, 2.75) is 23.6 Å². The number of aryl methyl sites for hydroxylation is 2. The summed E-state index contributed by atoms with van der Waals surface area (Å²) in [5.41, 5.74) is 3.58. The second kappa shape index (κ2) is 6.21. The van der Waals surface area contributed by atoms with Crippen molar-refractivity contribution in [3.8, 4) is 11.1 Å². The van der Waals surface area contributed by atoms with Gasteiger partial charge in [-0.2, -0.15) is 0 Å². The molecule has 0 atom stereocenters. The van der Waals surface area contributed by atoms with Gasteiger partial charge in [0.1, 0.15) is 5.82 Å². The Labute approximate surface area is 141 Å². The van der Waals surface area contributed by atoms with Crippen LogP contribution < -0.4 is 0 Å². The molecule has 0 saturated carbocycles. The van der Waals surface area contributed by atoms with Gasteiger partial charge in [-0.1, -0.05) is 35.9 Å². The highest BCUT2D eigenvalue weighted by Gasteiger charge is 2.18. The number of hydrogen-bond donors (Lipinski definition) is 0. The molecule has 0 N–H and O–H groups in total. The molecule has 122 valence electrons. The van der Waals surface area contributed by atoms with E-state index in [1.807, 2.05) is 13.8 Å². The Morgan fingerprint density at radius 2 is 1.33 bits per heavy atom. The van der Waals surface area contributed by atoms with Gasteiger partial charge in [-0.15, -0.1) is 0 Å². The van der Waals surface area contributed by atoms with E-state index in [9.17, 15) is 12.8 Å². The van der Waals surface area contributed by atoms with Crippen LogP contribution in [0.5, 0.6) is 0 Å². The van der Waals surface area contributed by atoms with Crippen molar-refractivity contribution in [3.05, 3.63) is 83.7 Å². The van der Waals surface area contributed by atoms with Crippen molar-refractivity contribution in [2.75, 3.05) is 0 Å². The van der Waals surface area contributed by atoms with Gasteiger partial charge < -0.3 is 0 Å². The molecule has 3 rings (SSSR count). The van der Waals surface area contributed by atoms with Gasteiger partial charge in [-0.05, 0) is 66.9 Å². The lowest BCUT2D eigenvalue weighted by Crippen LogP contribution is -2.02. The minimum atomic E-state index is -3.54. The summed E-state index contributed by atoms with van der Waals surface area (Å²) in [6.45, 7) is 3.77. The summed E-state index contributed by atoms with van der Waals surface area (Å²) < 4.78 is 38.5. The highest BCUT2D eigenvalue weighted by molar-refractivity contribution is 7.91. The summed E-state index contributed by atoms with van der Waals surface area (Å²) in [6.07, 6.45) is 0. The Morgan fingerprint density at radius 1 is 0.750 bits per heavy atom. The maximum atomic E-state index is 13.1. The monoisotopic (exact) mass is 340 g/mol. The van der Waals surface area contributed by atoms with E-state index in [0.717, 1.165) is 22.3 Å². The van der Waals surface area contributed by atoms with Gasteiger partial charge >= 0.3 is 0 Å². The summed E-state index contributed by atoms with van der Waals surface area (Å²) in [6, 6.07) is 18.0. The molecule has 0 unspecified atom stereocenters. The zero-order valence-corrected chi connectivity index (χ0v) is 14.3. The molecule has 0 aliphatic carbocycles. The lowest BCUT2D eigenvalue weighted by molar-refractivity contribution is 0.596. The number of benzene rings is 3. The van der Waals surface area contributed by atoms with Crippen LogP contribution in [0.1, 0.15) is 11.1 Å². The van der Waals surface area contributed by atoms with Crippen LogP contribution in [-0.2, 0) is 9.84 Å². The minimum absolute atomic E-state index is 0.259. The third kappa shape index (κ3) is 3.10. The Balaban J connectivity index is 2.03. The van der Waals surface area contributed by atoms with Crippen LogP contribution in [0.15, 0.2) is 76.5 Å². The molecule has 2 nitrogen and oxygen atoms in total. The quantitative estimate of drug-likeness (QED) is 0.676. The largest absolute Gasteiger partial charge is 0.219 e. The van der Waals surface area contributed by atoms with E-state index in [-0.39, 0.29) is 15.6 Å². The molecule has 0 bridgehead atoms. The Morgan fingerprint density at radius 3 is 1.92 bits per heavy atom. The molecule has 0 saturated heterocycles. The smallest absolute Gasteiger partial charge is 0.206 e. The normalized spacial score (nSPS) is 11.5. The molecule has 3 aromatic carbocycles. The van der Waals surface area contributed by atoms with Crippen LogP contribution >= 0.6 is 0 Å². The Kier molecular flexibility index (Phi) is 4.24. The van der Waals surface area contributed by atoms with Crippen LogP contribution in [0.3, 0.4) is 0 Å². The van der Waals surface area contributed by atoms with Crippen molar-refractivity contribution in [1.29, 1.82) is 0 Å². The molecule has 0 aromatic heterocycles. The number of sulfone groups is 1. The van der Waals surface area contributed by atoms with Gasteiger partial charge in [0, 0.05) is 0 Å². The van der Waals surface area contributed by atoms with Gasteiger partial charge in [0.2, 0.25) is 9.84 Å². The van der Waals surface area contributed by atoms with Gasteiger partial charge in [0.15, 0.2) is 0 Å². The molecule has 0 spiro atoms. The summed E-state index contributed by atoms with van der Waals surface area (Å²) in [5, 5.41) is 0. The topological polar surface area (TPSA) is 34.1 Å². The predicted molar refractivity (Wildman–Crippen MR) is 93.2 cm³/mol. The van der Waals surface area contributed by atoms with Gasteiger partial charge in [0.25, 0.3) is 0 Å². The molecule has 0 amide bonds. The molecule has 24 heavy (non-hydrogen) atoms. The first kappa shape index (κ1) is 16.4. The van der Waals surface area contributed by atoms with Crippen molar-refractivity contribution >= 4 is 9.84 Å². The molecular formula is C20H17FO2S. The number of halogens is 1. The highest BCUT2D eigenvalue weighted by atomic mass is 32.2. The summed E-state index contributed by atoms with van der Waals surface area (Å²) in [7, 11) is -3.54. The molecule has 4 heteroatoms. The van der Waals surface area contributed by atoms with Gasteiger partial charge in [-0.25, -0.2) is 12.8 Å². The molecular weight excluding hydrogens is 323 g/mol. The number of rotatable bonds is 3. The fourth-order valence-corrected chi connectivity index (χ4v) is 3.96. The van der Waals surface area contributed by atoms with Crippen LogP contribution in [0.2, 0.25) is 0 Å². The maximum absolute atomic E-state index is 13.1. The maximum Gasteiger partial charge on any atom is 0.206 e. The zero-order chi connectivity index (χ0) is 17.3.